The molecule has 0 bridgehead atoms. The third-order valence-electron chi connectivity index (χ3n) is 5.39. The monoisotopic (exact) mass is 388 g/mol. The number of ether oxygens (including phenoxy) is 2. The first-order chi connectivity index (χ1) is 13.1. The van der Waals surface area contributed by atoms with E-state index in [2.05, 4.69) is 10.3 Å². The minimum Gasteiger partial charge on any atom is -0.478 e. The summed E-state index contributed by atoms with van der Waals surface area (Å²) < 4.78 is 11.4. The van der Waals surface area contributed by atoms with Crippen LogP contribution in [0.15, 0.2) is 29.6 Å². The Morgan fingerprint density at radius 3 is 2.70 bits per heavy atom. The zero-order valence-corrected chi connectivity index (χ0v) is 16.0. The Balaban J connectivity index is 1.44. The molecular weight excluding hydrogens is 364 g/mol. The molecule has 4 rings (SSSR count). The van der Waals surface area contributed by atoms with Gasteiger partial charge in [-0.1, -0.05) is 12.1 Å². The van der Waals surface area contributed by atoms with Crippen LogP contribution in [0.4, 0.5) is 0 Å². The van der Waals surface area contributed by atoms with E-state index in [9.17, 15) is 4.79 Å². The molecule has 2 aliphatic rings. The summed E-state index contributed by atoms with van der Waals surface area (Å²) in [6.45, 7) is 5.99. The molecule has 2 fully saturated rings. The highest BCUT2D eigenvalue weighted by Gasteiger charge is 2.36. The molecule has 1 aromatic heterocycles. The summed E-state index contributed by atoms with van der Waals surface area (Å²) in [6, 6.07) is 6.89. The Morgan fingerprint density at radius 2 is 1.96 bits per heavy atom. The molecule has 27 heavy (non-hydrogen) atoms. The van der Waals surface area contributed by atoms with Crippen molar-refractivity contribution in [2.75, 3.05) is 39.5 Å². The van der Waals surface area contributed by atoms with Gasteiger partial charge in [0.1, 0.15) is 5.01 Å². The molecule has 6 nitrogen and oxygen atoms in total. The Morgan fingerprint density at radius 1 is 1.19 bits per heavy atom. The maximum atomic E-state index is 11.0. The van der Waals surface area contributed by atoms with Crippen molar-refractivity contribution >= 4 is 17.3 Å². The SMILES string of the molecule is O=C(O)c1ccc(-c2nc(CN3CCOCC4(CCOCC4)C3)cs2)cc1. The Kier molecular flexibility index (Phi) is 5.54. The predicted molar refractivity (Wildman–Crippen MR) is 103 cm³/mol. The molecule has 0 aliphatic carbocycles. The number of aromatic carboxylic acids is 1. The van der Waals surface area contributed by atoms with Crippen molar-refractivity contribution in [3.8, 4) is 10.6 Å². The summed E-state index contributed by atoms with van der Waals surface area (Å²) >= 11 is 1.60. The Hall–Kier alpha value is -1.80. The fraction of sp³-hybridized carbons (Fsp3) is 0.500. The standard InChI is InChI=1S/C20H24N2O4S/c23-19(24)16-3-1-15(2-4-16)18-21-17(12-27-18)11-22-7-10-26-14-20(13-22)5-8-25-9-6-20/h1-4,12H,5-11,13-14H2,(H,23,24). The number of carbonyl (C=O) groups is 1. The van der Waals surface area contributed by atoms with Crippen LogP contribution in [-0.2, 0) is 16.0 Å². The highest BCUT2D eigenvalue weighted by atomic mass is 32.1. The smallest absolute Gasteiger partial charge is 0.335 e. The van der Waals surface area contributed by atoms with E-state index < -0.39 is 5.97 Å². The molecule has 1 spiro atoms. The number of hydrogen-bond acceptors (Lipinski definition) is 6. The molecule has 2 aromatic rings. The molecule has 7 heteroatoms. The van der Waals surface area contributed by atoms with Crippen molar-refractivity contribution in [1.29, 1.82) is 0 Å². The lowest BCUT2D eigenvalue weighted by Crippen LogP contribution is -2.42. The van der Waals surface area contributed by atoms with E-state index in [0.29, 0.717) is 5.56 Å². The summed E-state index contributed by atoms with van der Waals surface area (Å²) in [4.78, 5) is 18.2. The highest BCUT2D eigenvalue weighted by molar-refractivity contribution is 7.13. The molecule has 0 radical (unpaired) electrons. The second-order valence-electron chi connectivity index (χ2n) is 7.40. The second-order valence-corrected chi connectivity index (χ2v) is 8.26. The van der Waals surface area contributed by atoms with Crippen molar-refractivity contribution in [2.45, 2.75) is 19.4 Å². The Bertz CT molecular complexity index is 784. The van der Waals surface area contributed by atoms with E-state index in [4.69, 9.17) is 19.6 Å². The van der Waals surface area contributed by atoms with Crippen LogP contribution >= 0.6 is 11.3 Å². The summed E-state index contributed by atoms with van der Waals surface area (Å²) in [5.41, 5.74) is 2.51. The van der Waals surface area contributed by atoms with Crippen LogP contribution in [0.3, 0.4) is 0 Å². The number of aromatic nitrogens is 1. The van der Waals surface area contributed by atoms with Crippen molar-refractivity contribution in [1.82, 2.24) is 9.88 Å². The van der Waals surface area contributed by atoms with E-state index >= 15 is 0 Å². The van der Waals surface area contributed by atoms with Gasteiger partial charge < -0.3 is 14.6 Å². The topological polar surface area (TPSA) is 71.9 Å². The maximum absolute atomic E-state index is 11.0. The molecule has 2 aliphatic heterocycles. The quantitative estimate of drug-likeness (QED) is 0.868. The average molecular weight is 388 g/mol. The van der Waals surface area contributed by atoms with Gasteiger partial charge in [0.05, 0.1) is 24.5 Å². The number of nitrogens with zero attached hydrogens (tertiary/aromatic N) is 2. The number of carboxylic acids is 1. The molecule has 0 unspecified atom stereocenters. The zero-order valence-electron chi connectivity index (χ0n) is 15.2. The van der Waals surface area contributed by atoms with Gasteiger partial charge in [0, 0.05) is 49.2 Å². The molecule has 144 valence electrons. The van der Waals surface area contributed by atoms with Gasteiger partial charge in [-0.05, 0) is 25.0 Å². The normalized spacial score (nSPS) is 20.4. The van der Waals surface area contributed by atoms with Crippen molar-refractivity contribution < 1.29 is 19.4 Å². The van der Waals surface area contributed by atoms with Crippen LogP contribution in [0.1, 0.15) is 28.9 Å². The second kappa shape index (κ2) is 8.06. The van der Waals surface area contributed by atoms with E-state index in [1.165, 1.54) is 0 Å². The minimum absolute atomic E-state index is 0.209. The first-order valence-corrected chi connectivity index (χ1v) is 10.2. The van der Waals surface area contributed by atoms with Crippen molar-refractivity contribution in [2.24, 2.45) is 5.41 Å². The van der Waals surface area contributed by atoms with Crippen LogP contribution in [0.5, 0.6) is 0 Å². The third kappa shape index (κ3) is 4.38. The van der Waals surface area contributed by atoms with Gasteiger partial charge >= 0.3 is 5.97 Å². The van der Waals surface area contributed by atoms with Crippen molar-refractivity contribution in [3.63, 3.8) is 0 Å². The lowest BCUT2D eigenvalue weighted by molar-refractivity contribution is -0.0320. The Labute approximate surface area is 162 Å². The predicted octanol–water partition coefficient (Wildman–Crippen LogP) is 3.14. The maximum Gasteiger partial charge on any atom is 0.335 e. The van der Waals surface area contributed by atoms with Crippen LogP contribution in [0, 0.1) is 5.41 Å². The van der Waals surface area contributed by atoms with Crippen LogP contribution in [-0.4, -0.2) is 60.5 Å². The minimum atomic E-state index is -0.910. The fourth-order valence-corrected chi connectivity index (χ4v) is 4.64. The van der Waals surface area contributed by atoms with Crippen molar-refractivity contribution in [3.05, 3.63) is 40.9 Å². The average Bonchev–Trinajstić information content (AvgIpc) is 3.06. The third-order valence-corrected chi connectivity index (χ3v) is 6.33. The van der Waals surface area contributed by atoms with Gasteiger partial charge in [-0.2, -0.15) is 0 Å². The van der Waals surface area contributed by atoms with Crippen LogP contribution in [0.2, 0.25) is 0 Å². The summed E-state index contributed by atoms with van der Waals surface area (Å²) in [7, 11) is 0. The molecule has 2 saturated heterocycles. The number of carboxylic acid groups (broad SMARTS) is 1. The van der Waals surface area contributed by atoms with Gasteiger partial charge in [0.25, 0.3) is 0 Å². The molecule has 3 heterocycles. The molecule has 0 saturated carbocycles. The first-order valence-electron chi connectivity index (χ1n) is 9.30. The van der Waals surface area contributed by atoms with E-state index in [1.54, 1.807) is 23.5 Å². The van der Waals surface area contributed by atoms with E-state index in [0.717, 1.165) is 75.2 Å². The molecular formula is C20H24N2O4S. The molecule has 1 aromatic carbocycles. The van der Waals surface area contributed by atoms with Gasteiger partial charge in [-0.15, -0.1) is 11.3 Å². The molecule has 0 amide bonds. The summed E-state index contributed by atoms with van der Waals surface area (Å²) in [6.07, 6.45) is 2.11. The molecule has 0 atom stereocenters. The number of rotatable bonds is 4. The lowest BCUT2D eigenvalue weighted by atomic mass is 9.80. The van der Waals surface area contributed by atoms with Crippen LogP contribution in [0.25, 0.3) is 10.6 Å². The van der Waals surface area contributed by atoms with Crippen LogP contribution < -0.4 is 0 Å². The van der Waals surface area contributed by atoms with E-state index in [1.807, 2.05) is 12.1 Å². The lowest BCUT2D eigenvalue weighted by Gasteiger charge is -2.38. The first kappa shape index (κ1) is 18.6. The summed E-state index contributed by atoms with van der Waals surface area (Å²) in [5.74, 6) is -0.910. The van der Waals surface area contributed by atoms with Gasteiger partial charge in [0.15, 0.2) is 0 Å². The van der Waals surface area contributed by atoms with E-state index in [-0.39, 0.29) is 5.41 Å². The number of benzene rings is 1. The fourth-order valence-electron chi connectivity index (χ4n) is 3.82. The zero-order chi connectivity index (χ0) is 18.7. The number of hydrogen-bond donors (Lipinski definition) is 1. The van der Waals surface area contributed by atoms with Gasteiger partial charge in [0.2, 0.25) is 0 Å². The van der Waals surface area contributed by atoms with Gasteiger partial charge in [-0.25, -0.2) is 9.78 Å². The highest BCUT2D eigenvalue weighted by Crippen LogP contribution is 2.34. The summed E-state index contributed by atoms with van der Waals surface area (Å²) in [5, 5.41) is 12.0. The van der Waals surface area contributed by atoms with Gasteiger partial charge in [-0.3, -0.25) is 4.90 Å². The molecule has 1 N–H and O–H groups in total. The largest absolute Gasteiger partial charge is 0.478 e. The number of thiazole rings is 1.